The van der Waals surface area contributed by atoms with Crippen LogP contribution in [0.2, 0.25) is 0 Å². The van der Waals surface area contributed by atoms with E-state index in [-0.39, 0.29) is 0 Å². The summed E-state index contributed by atoms with van der Waals surface area (Å²) in [7, 11) is 0. The van der Waals surface area contributed by atoms with Gasteiger partial charge in [-0.15, -0.1) is 0 Å². The second kappa shape index (κ2) is 11.9. The van der Waals surface area contributed by atoms with E-state index >= 15 is 0 Å². The Kier molecular flexibility index (Phi) is 7.38. The van der Waals surface area contributed by atoms with E-state index in [2.05, 4.69) is 70.5 Å². The summed E-state index contributed by atoms with van der Waals surface area (Å²) in [4.78, 5) is 20.1. The van der Waals surface area contributed by atoms with Gasteiger partial charge in [-0.1, -0.05) is 137 Å². The van der Waals surface area contributed by atoms with Gasteiger partial charge < -0.3 is 0 Å². The van der Waals surface area contributed by atoms with E-state index in [1.807, 2.05) is 97.1 Å². The normalized spacial score (nSPS) is 10.9. The Bertz CT molecular complexity index is 1750. The van der Waals surface area contributed by atoms with E-state index in [0.29, 0.717) is 11.6 Å². The molecule has 0 saturated heterocycles. The average molecular weight is 618 g/mol. The monoisotopic (exact) mass is 616 g/mol. The summed E-state index contributed by atoms with van der Waals surface area (Å²) in [6.07, 6.45) is 0. The highest BCUT2D eigenvalue weighted by Gasteiger charge is 2.15. The van der Waals surface area contributed by atoms with Gasteiger partial charge in [0.25, 0.3) is 0 Å². The van der Waals surface area contributed by atoms with Gasteiger partial charge in [0, 0.05) is 37.9 Å². The van der Waals surface area contributed by atoms with Crippen LogP contribution in [0.25, 0.3) is 67.8 Å². The van der Waals surface area contributed by atoms with Crippen LogP contribution >= 0.6 is 15.9 Å². The molecule has 0 aliphatic rings. The smallest absolute Gasteiger partial charge is 0.160 e. The molecule has 5 aromatic carbocycles. The molecule has 0 N–H and O–H groups in total. The molecule has 0 fully saturated rings. The van der Waals surface area contributed by atoms with Crippen molar-refractivity contribution in [1.29, 1.82) is 0 Å². The first-order valence-corrected chi connectivity index (χ1v) is 14.8. The second-order valence-corrected chi connectivity index (χ2v) is 11.0. The first-order chi connectivity index (χ1) is 21.2. The molecule has 2 heterocycles. The van der Waals surface area contributed by atoms with Crippen LogP contribution in [0, 0.1) is 0 Å². The van der Waals surface area contributed by atoms with Crippen LogP contribution in [-0.2, 0) is 0 Å². The van der Waals surface area contributed by atoms with Crippen LogP contribution in [0.4, 0.5) is 0 Å². The van der Waals surface area contributed by atoms with Crippen molar-refractivity contribution in [3.05, 3.63) is 156 Å². The minimum atomic E-state index is 0.630. The zero-order valence-corrected chi connectivity index (χ0v) is 24.7. The van der Waals surface area contributed by atoms with Crippen molar-refractivity contribution in [2.24, 2.45) is 0 Å². The first-order valence-electron chi connectivity index (χ1n) is 14.0. The van der Waals surface area contributed by atoms with E-state index in [1.54, 1.807) is 0 Å². The van der Waals surface area contributed by atoms with Gasteiger partial charge in [0.2, 0.25) is 0 Å². The quantitative estimate of drug-likeness (QED) is 0.186. The molecule has 43 heavy (non-hydrogen) atoms. The third kappa shape index (κ3) is 5.89. The van der Waals surface area contributed by atoms with Crippen molar-refractivity contribution >= 4 is 15.9 Å². The third-order valence-electron chi connectivity index (χ3n) is 7.14. The van der Waals surface area contributed by atoms with Gasteiger partial charge in [-0.05, 0) is 30.3 Å². The Hall–Kier alpha value is -5.26. The van der Waals surface area contributed by atoms with E-state index in [9.17, 15) is 0 Å². The number of hydrogen-bond acceptors (Lipinski definition) is 4. The summed E-state index contributed by atoms with van der Waals surface area (Å²) in [6, 6.07) is 51.1. The van der Waals surface area contributed by atoms with Gasteiger partial charge in [0.15, 0.2) is 11.6 Å². The molecular weight excluding hydrogens is 592 g/mol. The molecule has 5 heteroatoms. The Morgan fingerprint density at radius 2 is 0.581 bits per heavy atom. The standard InChI is InChI=1S/C38H25BrN4/c39-32-22-30(37-40-33(26-13-5-1-6-14-26)24-34(41-37)27-15-7-2-8-16-27)21-31(23-32)38-42-35(28-17-9-3-10-18-28)25-36(43-38)29-19-11-4-12-20-29/h1-25H. The molecule has 0 aliphatic carbocycles. The lowest BCUT2D eigenvalue weighted by Gasteiger charge is -2.12. The lowest BCUT2D eigenvalue weighted by atomic mass is 10.0. The fraction of sp³-hybridized carbons (Fsp3) is 0. The van der Waals surface area contributed by atoms with Gasteiger partial charge >= 0.3 is 0 Å². The average Bonchev–Trinajstić information content (AvgIpc) is 3.09. The highest BCUT2D eigenvalue weighted by molar-refractivity contribution is 9.10. The molecule has 4 nitrogen and oxygen atoms in total. The van der Waals surface area contributed by atoms with Gasteiger partial charge in [-0.2, -0.15) is 0 Å². The Labute approximate surface area is 259 Å². The predicted octanol–water partition coefficient (Wildman–Crippen LogP) is 10.0. The van der Waals surface area contributed by atoms with Crippen LogP contribution in [0.3, 0.4) is 0 Å². The Morgan fingerprint density at radius 3 is 0.860 bits per heavy atom. The Morgan fingerprint density at radius 1 is 0.302 bits per heavy atom. The molecule has 0 atom stereocenters. The van der Waals surface area contributed by atoms with Crippen LogP contribution in [0.5, 0.6) is 0 Å². The van der Waals surface area contributed by atoms with Crippen LogP contribution in [-0.4, -0.2) is 19.9 Å². The molecule has 7 aromatic rings. The van der Waals surface area contributed by atoms with E-state index in [1.165, 1.54) is 0 Å². The molecular formula is C38H25BrN4. The number of rotatable bonds is 6. The molecule has 0 saturated carbocycles. The summed E-state index contributed by atoms with van der Waals surface area (Å²) < 4.78 is 0.893. The van der Waals surface area contributed by atoms with Crippen molar-refractivity contribution in [3.63, 3.8) is 0 Å². The fourth-order valence-corrected chi connectivity index (χ4v) is 5.52. The molecule has 0 unspecified atom stereocenters. The summed E-state index contributed by atoms with van der Waals surface area (Å²) in [6.45, 7) is 0. The van der Waals surface area contributed by atoms with Crippen molar-refractivity contribution in [3.8, 4) is 67.8 Å². The van der Waals surface area contributed by atoms with Crippen LogP contribution in [0.15, 0.2) is 156 Å². The minimum Gasteiger partial charge on any atom is -0.228 e. The Balaban J connectivity index is 1.40. The maximum absolute atomic E-state index is 5.03. The van der Waals surface area contributed by atoms with Crippen molar-refractivity contribution in [2.45, 2.75) is 0 Å². The van der Waals surface area contributed by atoms with Crippen LogP contribution in [0.1, 0.15) is 0 Å². The lowest BCUT2D eigenvalue weighted by Crippen LogP contribution is -1.98. The van der Waals surface area contributed by atoms with E-state index < -0.39 is 0 Å². The maximum Gasteiger partial charge on any atom is 0.160 e. The highest BCUT2D eigenvalue weighted by Crippen LogP contribution is 2.33. The fourth-order valence-electron chi connectivity index (χ4n) is 5.03. The number of benzene rings is 5. The zero-order valence-electron chi connectivity index (χ0n) is 23.1. The molecule has 0 spiro atoms. The largest absolute Gasteiger partial charge is 0.228 e. The van der Waals surface area contributed by atoms with Crippen molar-refractivity contribution in [2.75, 3.05) is 0 Å². The second-order valence-electron chi connectivity index (χ2n) is 10.1. The van der Waals surface area contributed by atoms with E-state index in [0.717, 1.165) is 60.6 Å². The van der Waals surface area contributed by atoms with Gasteiger partial charge in [-0.3, -0.25) is 0 Å². The number of nitrogens with zero attached hydrogens (tertiary/aromatic N) is 4. The molecule has 7 rings (SSSR count). The van der Waals surface area contributed by atoms with Gasteiger partial charge in [-0.25, -0.2) is 19.9 Å². The molecule has 0 amide bonds. The van der Waals surface area contributed by atoms with Gasteiger partial charge in [0.1, 0.15) is 0 Å². The molecule has 0 radical (unpaired) electrons. The molecule has 0 aliphatic heterocycles. The topological polar surface area (TPSA) is 51.6 Å². The SMILES string of the molecule is Brc1cc(-c2nc(-c3ccccc3)cc(-c3ccccc3)n2)cc(-c2nc(-c3ccccc3)cc(-c3ccccc3)n2)c1. The summed E-state index contributed by atoms with van der Waals surface area (Å²) in [5, 5.41) is 0. The zero-order chi connectivity index (χ0) is 29.0. The minimum absolute atomic E-state index is 0.630. The summed E-state index contributed by atoms with van der Waals surface area (Å²) in [5.74, 6) is 1.26. The third-order valence-corrected chi connectivity index (χ3v) is 7.60. The number of aromatic nitrogens is 4. The molecule has 204 valence electrons. The highest BCUT2D eigenvalue weighted by atomic mass is 79.9. The van der Waals surface area contributed by atoms with Crippen molar-refractivity contribution in [1.82, 2.24) is 19.9 Å². The first kappa shape index (κ1) is 26.6. The number of hydrogen-bond donors (Lipinski definition) is 0. The molecule has 2 aromatic heterocycles. The summed E-state index contributed by atoms with van der Waals surface area (Å²) >= 11 is 3.75. The van der Waals surface area contributed by atoms with Crippen LogP contribution < -0.4 is 0 Å². The predicted molar refractivity (Wildman–Crippen MR) is 178 cm³/mol. The van der Waals surface area contributed by atoms with Crippen molar-refractivity contribution < 1.29 is 0 Å². The maximum atomic E-state index is 5.03. The molecule has 0 bridgehead atoms. The lowest BCUT2D eigenvalue weighted by molar-refractivity contribution is 1.17. The number of halogens is 1. The summed E-state index contributed by atoms with van der Waals surface area (Å²) in [5.41, 5.74) is 9.31. The van der Waals surface area contributed by atoms with E-state index in [4.69, 9.17) is 19.9 Å². The van der Waals surface area contributed by atoms with Gasteiger partial charge in [0.05, 0.1) is 22.8 Å².